The molecule has 1 aromatic carbocycles. The number of carbonyl (C=O) groups is 6. The molecule has 0 aromatic heterocycles. The van der Waals surface area contributed by atoms with Gasteiger partial charge >= 0.3 is 41.8 Å². The Kier molecular flexibility index (Phi) is 8.17. The molecule has 0 aliphatic carbocycles. The predicted octanol–water partition coefficient (Wildman–Crippen LogP) is 1.17. The van der Waals surface area contributed by atoms with Gasteiger partial charge in [-0.1, -0.05) is 19.7 Å². The average molecular weight is 448 g/mol. The Bertz CT molecular complexity index is 978. The first-order valence-electron chi connectivity index (χ1n) is 8.33. The third-order valence-electron chi connectivity index (χ3n) is 3.65. The monoisotopic (exact) mass is 448 g/mol. The second-order valence-corrected chi connectivity index (χ2v) is 5.67. The summed E-state index contributed by atoms with van der Waals surface area (Å²) >= 11 is 0. The van der Waals surface area contributed by atoms with Gasteiger partial charge in [0.25, 0.3) is 0 Å². The van der Waals surface area contributed by atoms with Crippen molar-refractivity contribution < 1.29 is 58.3 Å². The van der Waals surface area contributed by atoms with Crippen LogP contribution in [-0.2, 0) is 35.0 Å². The van der Waals surface area contributed by atoms with Crippen molar-refractivity contribution in [2.45, 2.75) is 12.4 Å². The largest absolute Gasteiger partial charge is 0.478 e. The summed E-state index contributed by atoms with van der Waals surface area (Å²) in [6.07, 6.45) is 0.489. The van der Waals surface area contributed by atoms with Crippen molar-refractivity contribution in [1.29, 1.82) is 0 Å². The normalized spacial score (nSPS) is 10.2. The number of benzene rings is 1. The summed E-state index contributed by atoms with van der Waals surface area (Å²) in [5.41, 5.74) is -3.45. The van der Waals surface area contributed by atoms with E-state index >= 15 is 0 Å². The lowest BCUT2D eigenvalue weighted by molar-refractivity contribution is -0.323. The molecule has 1 rings (SSSR count). The quantitative estimate of drug-likeness (QED) is 0.249. The molecule has 0 fully saturated rings. The number of carbonyl (C=O) groups excluding carboxylic acids is 3. The molecule has 0 bridgehead atoms. The van der Waals surface area contributed by atoms with Gasteiger partial charge in [0, 0.05) is 18.2 Å². The molecule has 0 saturated carbocycles. The van der Waals surface area contributed by atoms with E-state index in [2.05, 4.69) is 19.7 Å². The van der Waals surface area contributed by atoms with Gasteiger partial charge < -0.3 is 29.5 Å². The molecule has 0 aliphatic heterocycles. The van der Waals surface area contributed by atoms with Crippen molar-refractivity contribution >= 4 is 35.8 Å². The summed E-state index contributed by atoms with van der Waals surface area (Å²) in [7, 11) is 0. The molecule has 0 aliphatic rings. The van der Waals surface area contributed by atoms with E-state index in [1.165, 1.54) is 0 Å². The first kappa shape index (κ1) is 25.3. The lowest BCUT2D eigenvalue weighted by atomic mass is 9.92. The van der Waals surface area contributed by atoms with Gasteiger partial charge in [-0.3, -0.25) is 0 Å². The second-order valence-electron chi connectivity index (χ2n) is 5.67. The molecule has 3 N–H and O–H groups in total. The molecule has 0 spiro atoms. The summed E-state index contributed by atoms with van der Waals surface area (Å²) in [6.45, 7) is 9.35. The van der Waals surface area contributed by atoms with E-state index in [9.17, 15) is 44.1 Å². The Morgan fingerprint density at radius 1 is 0.719 bits per heavy atom. The zero-order chi connectivity index (χ0) is 24.6. The van der Waals surface area contributed by atoms with Crippen LogP contribution >= 0.6 is 0 Å². The van der Waals surface area contributed by atoms with E-state index in [1.807, 2.05) is 0 Å². The van der Waals surface area contributed by atoms with Crippen LogP contribution in [0.15, 0.2) is 50.1 Å². The highest BCUT2D eigenvalue weighted by Gasteiger charge is 2.45. The molecule has 168 valence electrons. The number of hydrogen-bond acceptors (Lipinski definition) is 9. The molecule has 0 atom stereocenters. The van der Waals surface area contributed by atoms with Crippen LogP contribution in [-0.4, -0.2) is 57.1 Å². The third-order valence-corrected chi connectivity index (χ3v) is 3.65. The second kappa shape index (κ2) is 10.3. The fraction of sp³-hybridized carbons (Fsp3) is 0.100. The molecule has 1 aromatic rings. The maximum atomic E-state index is 11.9. The van der Waals surface area contributed by atoms with E-state index in [0.29, 0.717) is 18.2 Å². The summed E-state index contributed by atoms with van der Waals surface area (Å²) < 4.78 is 14.5. The Morgan fingerprint density at radius 3 is 1.41 bits per heavy atom. The molecular formula is C20H16O12. The maximum absolute atomic E-state index is 11.9. The van der Waals surface area contributed by atoms with Crippen LogP contribution < -0.4 is 0 Å². The van der Waals surface area contributed by atoms with Crippen LogP contribution in [0.2, 0.25) is 0 Å². The number of rotatable bonds is 11. The molecule has 12 nitrogen and oxygen atoms in total. The van der Waals surface area contributed by atoms with Gasteiger partial charge in [0.05, 0.1) is 23.1 Å². The molecule has 0 saturated heterocycles. The number of ether oxygens (including phenoxy) is 3. The third kappa shape index (κ3) is 5.89. The number of esters is 3. The number of aromatic carboxylic acids is 3. The molecule has 32 heavy (non-hydrogen) atoms. The van der Waals surface area contributed by atoms with Crippen molar-refractivity contribution in [3.8, 4) is 0 Å². The maximum Gasteiger partial charge on any atom is 0.428 e. The fourth-order valence-corrected chi connectivity index (χ4v) is 2.43. The van der Waals surface area contributed by atoms with Gasteiger partial charge in [-0.05, 0) is 17.7 Å². The number of carboxylic acids is 3. The van der Waals surface area contributed by atoms with Crippen LogP contribution in [0.25, 0.3) is 0 Å². The zero-order valence-corrected chi connectivity index (χ0v) is 16.2. The Labute approximate surface area is 179 Å². The standard InChI is InChI=1S/C20H16O12/c1-4-13(21)30-20(31-14(22)5-2,32-15(23)6-3)9-12-10(17(24)25)7-8-11(18(26)27)16(12)19(28)29/h4-8H,1-3,9H2,(H,24,25)(H,26,27)(H,28,29). The predicted molar refractivity (Wildman–Crippen MR) is 103 cm³/mol. The van der Waals surface area contributed by atoms with Crippen LogP contribution in [0.5, 0.6) is 0 Å². The topological polar surface area (TPSA) is 191 Å². The minimum atomic E-state index is -3.08. The van der Waals surface area contributed by atoms with E-state index in [4.69, 9.17) is 14.2 Å². The van der Waals surface area contributed by atoms with Gasteiger partial charge in [0.1, 0.15) is 0 Å². The minimum absolute atomic E-state index is 0.572. The van der Waals surface area contributed by atoms with E-state index in [1.54, 1.807) is 0 Å². The van der Waals surface area contributed by atoms with Crippen molar-refractivity contribution in [1.82, 2.24) is 0 Å². The van der Waals surface area contributed by atoms with Gasteiger partial charge in [0.2, 0.25) is 0 Å². The van der Waals surface area contributed by atoms with Crippen LogP contribution in [0, 0.1) is 0 Å². The van der Waals surface area contributed by atoms with Crippen LogP contribution in [0.3, 0.4) is 0 Å². The zero-order valence-electron chi connectivity index (χ0n) is 16.2. The Hall–Kier alpha value is -4.74. The minimum Gasteiger partial charge on any atom is -0.478 e. The molecule has 0 radical (unpaired) electrons. The first-order chi connectivity index (χ1) is 14.9. The van der Waals surface area contributed by atoms with Crippen molar-refractivity contribution in [2.75, 3.05) is 0 Å². The van der Waals surface area contributed by atoms with Crippen molar-refractivity contribution in [3.63, 3.8) is 0 Å². The van der Waals surface area contributed by atoms with Gasteiger partial charge in [0.15, 0.2) is 0 Å². The molecule has 0 unspecified atom stereocenters. The van der Waals surface area contributed by atoms with Crippen LogP contribution in [0.4, 0.5) is 0 Å². The summed E-state index contributed by atoms with van der Waals surface area (Å²) in [6, 6.07) is 1.49. The lowest BCUT2D eigenvalue weighted by Gasteiger charge is -2.31. The summed E-state index contributed by atoms with van der Waals surface area (Å²) in [5, 5.41) is 28.3. The highest BCUT2D eigenvalue weighted by molar-refractivity contribution is 6.05. The lowest BCUT2D eigenvalue weighted by Crippen LogP contribution is -2.46. The van der Waals surface area contributed by atoms with Gasteiger partial charge in [-0.15, -0.1) is 0 Å². The smallest absolute Gasteiger partial charge is 0.428 e. The molecule has 0 amide bonds. The highest BCUT2D eigenvalue weighted by Crippen LogP contribution is 2.30. The van der Waals surface area contributed by atoms with Gasteiger partial charge in [-0.2, -0.15) is 0 Å². The number of carboxylic acid groups (broad SMARTS) is 3. The Balaban J connectivity index is 3.96. The Morgan fingerprint density at radius 2 is 1.09 bits per heavy atom. The van der Waals surface area contributed by atoms with Crippen LogP contribution in [0.1, 0.15) is 36.6 Å². The molecule has 12 heteroatoms. The van der Waals surface area contributed by atoms with Crippen molar-refractivity contribution in [2.24, 2.45) is 0 Å². The van der Waals surface area contributed by atoms with E-state index in [-0.39, 0.29) is 0 Å². The van der Waals surface area contributed by atoms with E-state index < -0.39 is 70.5 Å². The summed E-state index contributed by atoms with van der Waals surface area (Å²) in [5.74, 6) is -12.4. The average Bonchev–Trinajstić information content (AvgIpc) is 2.72. The fourth-order valence-electron chi connectivity index (χ4n) is 2.43. The number of hydrogen-bond donors (Lipinski definition) is 3. The van der Waals surface area contributed by atoms with E-state index in [0.717, 1.165) is 12.1 Å². The van der Waals surface area contributed by atoms with Gasteiger partial charge in [-0.25, -0.2) is 28.8 Å². The first-order valence-corrected chi connectivity index (χ1v) is 8.33. The highest BCUT2D eigenvalue weighted by atomic mass is 16.9. The SMILES string of the molecule is C=CC(=O)OC(Cc1c(C(=O)O)ccc(C(=O)O)c1C(=O)O)(OC(=O)C=C)OC(=O)C=C. The molecule has 0 heterocycles. The van der Waals surface area contributed by atoms with Crippen molar-refractivity contribution in [3.05, 3.63) is 72.4 Å². The molecular weight excluding hydrogens is 432 g/mol. The summed E-state index contributed by atoms with van der Waals surface area (Å²) in [4.78, 5) is 70.6.